The summed E-state index contributed by atoms with van der Waals surface area (Å²) in [5.74, 6) is -6.15. The van der Waals surface area contributed by atoms with Crippen LogP contribution in [0.3, 0.4) is 0 Å². The molecule has 1 aromatic carbocycles. The summed E-state index contributed by atoms with van der Waals surface area (Å²) in [6.07, 6.45) is -4.53. The van der Waals surface area contributed by atoms with Crippen LogP contribution in [0.15, 0.2) is 30.3 Å². The Bertz CT molecular complexity index is 840. The van der Waals surface area contributed by atoms with Crippen molar-refractivity contribution in [2.45, 2.75) is 83.5 Å². The fourth-order valence-electron chi connectivity index (χ4n) is 4.21. The smallest absolute Gasteiger partial charge is 0.381 e. The Morgan fingerprint density at radius 3 is 2.44 bits per heavy atom. The molecule has 1 N–H and O–H groups in total. The van der Waals surface area contributed by atoms with Crippen LogP contribution >= 0.6 is 0 Å². The van der Waals surface area contributed by atoms with Crippen LogP contribution in [0.1, 0.15) is 46.1 Å². The zero-order valence-corrected chi connectivity index (χ0v) is 19.7. The number of hydrogen-bond donors (Lipinski definition) is 1. The standard InChI is InChI=1S/C23H32F2N2O7/c1-5-18-14(3)20(33-13-16-10-8-7-9-11-16)19(26-15(4)28)21(34-18)23(24,25)12-17(27(30)31)22(29)32-6-2/h7-11,14,17-21H,5-6,12-13H2,1-4H3,(H,26,28)/t14-,17?,18+,19+,20-,21-/m0/s1. The predicted octanol–water partition coefficient (Wildman–Crippen LogP) is 3.12. The third kappa shape index (κ3) is 6.92. The van der Waals surface area contributed by atoms with Crippen molar-refractivity contribution in [1.82, 2.24) is 5.32 Å². The quantitative estimate of drug-likeness (QED) is 0.290. The molecule has 1 amide bonds. The largest absolute Gasteiger partial charge is 0.461 e. The number of nitro groups is 1. The van der Waals surface area contributed by atoms with E-state index in [4.69, 9.17) is 9.47 Å². The number of amides is 1. The number of nitrogens with zero attached hydrogens (tertiary/aromatic N) is 1. The molecule has 1 aromatic rings. The average molecular weight is 487 g/mol. The molecular formula is C23H32F2N2O7. The first-order chi connectivity index (χ1) is 16.0. The van der Waals surface area contributed by atoms with E-state index in [1.165, 1.54) is 13.8 Å². The zero-order valence-electron chi connectivity index (χ0n) is 19.7. The lowest BCUT2D eigenvalue weighted by Crippen LogP contribution is -2.66. The first-order valence-electron chi connectivity index (χ1n) is 11.3. The van der Waals surface area contributed by atoms with Gasteiger partial charge in [-0.05, 0) is 18.9 Å². The van der Waals surface area contributed by atoms with E-state index in [0.29, 0.717) is 6.42 Å². The van der Waals surface area contributed by atoms with E-state index in [2.05, 4.69) is 10.1 Å². The van der Waals surface area contributed by atoms with Crippen LogP contribution in [0.25, 0.3) is 0 Å². The molecule has 0 aromatic heterocycles. The van der Waals surface area contributed by atoms with Gasteiger partial charge in [0.15, 0.2) is 0 Å². The molecule has 1 aliphatic heterocycles. The highest BCUT2D eigenvalue weighted by Gasteiger charge is 2.57. The maximum Gasteiger partial charge on any atom is 0.381 e. The van der Waals surface area contributed by atoms with Gasteiger partial charge in [-0.3, -0.25) is 14.9 Å². The molecule has 1 heterocycles. The monoisotopic (exact) mass is 486 g/mol. The number of nitrogens with one attached hydrogen (secondary N) is 1. The Hall–Kier alpha value is -2.66. The van der Waals surface area contributed by atoms with Crippen LogP contribution < -0.4 is 5.32 Å². The normalized spacial score (nSPS) is 25.9. The highest BCUT2D eigenvalue weighted by Crippen LogP contribution is 2.39. The Kier molecular flexibility index (Phi) is 9.87. The molecule has 0 bridgehead atoms. The number of carbonyl (C=O) groups is 2. The van der Waals surface area contributed by atoms with E-state index in [1.807, 2.05) is 30.3 Å². The second kappa shape index (κ2) is 12.2. The molecule has 0 spiro atoms. The van der Waals surface area contributed by atoms with Crippen LogP contribution in [-0.4, -0.2) is 59.7 Å². The van der Waals surface area contributed by atoms with Gasteiger partial charge >= 0.3 is 12.0 Å². The third-order valence-corrected chi connectivity index (χ3v) is 5.86. The molecule has 0 radical (unpaired) electrons. The van der Waals surface area contributed by atoms with Crippen LogP contribution in [0.4, 0.5) is 8.78 Å². The van der Waals surface area contributed by atoms with Crippen molar-refractivity contribution in [2.75, 3.05) is 6.61 Å². The van der Waals surface area contributed by atoms with Crippen molar-refractivity contribution in [3.05, 3.63) is 46.0 Å². The van der Waals surface area contributed by atoms with Crippen molar-refractivity contribution in [2.24, 2.45) is 5.92 Å². The van der Waals surface area contributed by atoms with Gasteiger partial charge in [0.25, 0.3) is 5.92 Å². The fraction of sp³-hybridized carbons (Fsp3) is 0.652. The van der Waals surface area contributed by atoms with Crippen LogP contribution in [-0.2, 0) is 30.4 Å². The van der Waals surface area contributed by atoms with E-state index in [9.17, 15) is 19.7 Å². The second-order valence-corrected chi connectivity index (χ2v) is 8.37. The average Bonchev–Trinajstić information content (AvgIpc) is 2.77. The van der Waals surface area contributed by atoms with Crippen LogP contribution in [0.5, 0.6) is 0 Å². The summed E-state index contributed by atoms with van der Waals surface area (Å²) in [6, 6.07) is 5.53. The van der Waals surface area contributed by atoms with Crippen molar-refractivity contribution >= 4 is 11.9 Å². The molecule has 34 heavy (non-hydrogen) atoms. The van der Waals surface area contributed by atoms with Gasteiger partial charge in [-0.15, -0.1) is 0 Å². The zero-order chi connectivity index (χ0) is 25.5. The molecule has 11 heteroatoms. The number of carbonyl (C=O) groups excluding carboxylic acids is 2. The Labute approximate surface area is 197 Å². The molecule has 2 rings (SSSR count). The van der Waals surface area contributed by atoms with E-state index in [0.717, 1.165) is 5.56 Å². The predicted molar refractivity (Wildman–Crippen MR) is 118 cm³/mol. The molecule has 6 atom stereocenters. The fourth-order valence-corrected chi connectivity index (χ4v) is 4.21. The summed E-state index contributed by atoms with van der Waals surface area (Å²) in [4.78, 5) is 34.2. The lowest BCUT2D eigenvalue weighted by Gasteiger charge is -2.48. The minimum atomic E-state index is -3.85. The number of hydrogen-bond acceptors (Lipinski definition) is 7. The molecule has 1 aliphatic rings. The van der Waals surface area contributed by atoms with Gasteiger partial charge in [0.1, 0.15) is 6.10 Å². The molecule has 9 nitrogen and oxygen atoms in total. The first-order valence-corrected chi connectivity index (χ1v) is 11.3. The Morgan fingerprint density at radius 1 is 1.26 bits per heavy atom. The van der Waals surface area contributed by atoms with Gasteiger partial charge < -0.3 is 19.5 Å². The van der Waals surface area contributed by atoms with E-state index < -0.39 is 59.5 Å². The van der Waals surface area contributed by atoms with E-state index in [1.54, 1.807) is 13.8 Å². The molecule has 1 saturated heterocycles. The van der Waals surface area contributed by atoms with Gasteiger partial charge in [-0.1, -0.05) is 44.2 Å². The molecule has 0 aliphatic carbocycles. The highest BCUT2D eigenvalue weighted by molar-refractivity contribution is 5.74. The lowest BCUT2D eigenvalue weighted by atomic mass is 9.82. The second-order valence-electron chi connectivity index (χ2n) is 8.37. The van der Waals surface area contributed by atoms with Crippen LogP contribution in [0, 0.1) is 16.0 Å². The summed E-state index contributed by atoms with van der Waals surface area (Å²) in [5, 5.41) is 13.9. The number of alkyl halides is 2. The maximum atomic E-state index is 15.6. The highest BCUT2D eigenvalue weighted by atomic mass is 19.3. The summed E-state index contributed by atoms with van der Waals surface area (Å²) < 4.78 is 47.5. The van der Waals surface area contributed by atoms with Crippen molar-refractivity contribution < 1.29 is 37.5 Å². The number of ether oxygens (including phenoxy) is 3. The first kappa shape index (κ1) is 27.6. The van der Waals surface area contributed by atoms with Gasteiger partial charge in [-0.2, -0.15) is 0 Å². The third-order valence-electron chi connectivity index (χ3n) is 5.86. The maximum absolute atomic E-state index is 15.6. The Balaban J connectivity index is 2.37. The molecule has 0 saturated carbocycles. The molecule has 190 valence electrons. The Morgan fingerprint density at radius 2 is 1.91 bits per heavy atom. The number of benzene rings is 1. The van der Waals surface area contributed by atoms with Gasteiger partial charge in [0.2, 0.25) is 5.91 Å². The van der Waals surface area contributed by atoms with Crippen molar-refractivity contribution in [3.8, 4) is 0 Å². The minimum Gasteiger partial charge on any atom is -0.461 e. The number of esters is 1. The lowest BCUT2D eigenvalue weighted by molar-refractivity contribution is -0.516. The van der Waals surface area contributed by atoms with Crippen molar-refractivity contribution in [1.29, 1.82) is 0 Å². The van der Waals surface area contributed by atoms with Crippen LogP contribution in [0.2, 0.25) is 0 Å². The minimum absolute atomic E-state index is 0.112. The number of halogens is 2. The van der Waals surface area contributed by atoms with E-state index >= 15 is 8.78 Å². The summed E-state index contributed by atoms with van der Waals surface area (Å²) >= 11 is 0. The summed E-state index contributed by atoms with van der Waals surface area (Å²) in [5.41, 5.74) is 0.815. The number of rotatable bonds is 11. The molecule has 1 fully saturated rings. The van der Waals surface area contributed by atoms with Gasteiger partial charge in [0.05, 0.1) is 37.9 Å². The SMILES string of the molecule is CCOC(=O)C(CC(F)(F)[C@H]1O[C@H](CC)[C@H](C)[C@H](OCc2ccccc2)[C@H]1NC(C)=O)[N+](=O)[O-]. The van der Waals surface area contributed by atoms with Crippen molar-refractivity contribution in [3.63, 3.8) is 0 Å². The molecular weight excluding hydrogens is 454 g/mol. The summed E-state index contributed by atoms with van der Waals surface area (Å²) in [7, 11) is 0. The van der Waals surface area contributed by atoms with Gasteiger partial charge in [0, 0.05) is 17.8 Å². The topological polar surface area (TPSA) is 117 Å². The van der Waals surface area contributed by atoms with E-state index in [-0.39, 0.29) is 19.1 Å². The molecule has 1 unspecified atom stereocenters. The summed E-state index contributed by atoms with van der Waals surface area (Å²) in [6.45, 7) is 6.08. The van der Waals surface area contributed by atoms with Gasteiger partial charge in [-0.25, -0.2) is 13.6 Å².